The highest BCUT2D eigenvalue weighted by Crippen LogP contribution is 2.22. The molecule has 2 aromatic heterocycles. The third-order valence-electron chi connectivity index (χ3n) is 2.74. The molecule has 0 saturated heterocycles. The third-order valence-corrected chi connectivity index (χ3v) is 2.74. The fraction of sp³-hybridized carbons (Fsp3) is 0. The molecule has 110 valence electrons. The van der Waals surface area contributed by atoms with Crippen LogP contribution in [0.15, 0.2) is 61.1 Å². The zero-order valence-corrected chi connectivity index (χ0v) is 11.5. The molecule has 0 aliphatic carbocycles. The first-order valence-corrected chi connectivity index (χ1v) is 6.55. The van der Waals surface area contributed by atoms with E-state index < -0.39 is 0 Å². The molecular formula is C15H13N5O2. The fourth-order valence-corrected chi connectivity index (χ4v) is 1.76. The van der Waals surface area contributed by atoms with E-state index in [2.05, 4.69) is 25.8 Å². The van der Waals surface area contributed by atoms with E-state index in [4.69, 9.17) is 4.74 Å². The Kier molecular flexibility index (Phi) is 3.96. The third kappa shape index (κ3) is 3.60. The summed E-state index contributed by atoms with van der Waals surface area (Å²) in [5.74, 6) is 1.83. The minimum absolute atomic E-state index is 0.366. The number of benzene rings is 1. The van der Waals surface area contributed by atoms with Gasteiger partial charge in [0.25, 0.3) is 0 Å². The summed E-state index contributed by atoms with van der Waals surface area (Å²) in [4.78, 5) is 15.7. The molecule has 0 fully saturated rings. The van der Waals surface area contributed by atoms with Crippen molar-refractivity contribution in [3.05, 3.63) is 61.1 Å². The van der Waals surface area contributed by atoms with Crippen LogP contribution in [-0.2, 0) is 0 Å². The van der Waals surface area contributed by atoms with Gasteiger partial charge in [-0.2, -0.15) is 5.10 Å². The number of ether oxygens (including phenoxy) is 1. The number of carbonyl (C=O) groups excluding carboxylic acids is 1. The highest BCUT2D eigenvalue weighted by Gasteiger charge is 2.04. The van der Waals surface area contributed by atoms with Crippen molar-refractivity contribution in [2.24, 2.45) is 0 Å². The van der Waals surface area contributed by atoms with Gasteiger partial charge in [-0.3, -0.25) is 15.4 Å². The van der Waals surface area contributed by atoms with Crippen LogP contribution in [0.25, 0.3) is 0 Å². The molecule has 0 saturated carbocycles. The SMILES string of the molecule is O=C(Nc1ccc(Oc2ccncc2)cc1)Nc1cc[nH]n1. The largest absolute Gasteiger partial charge is 0.457 e. The number of carbonyl (C=O) groups is 1. The molecule has 0 bridgehead atoms. The molecule has 3 N–H and O–H groups in total. The molecule has 0 radical (unpaired) electrons. The molecule has 1 aromatic carbocycles. The van der Waals surface area contributed by atoms with Gasteiger partial charge < -0.3 is 10.1 Å². The number of rotatable bonds is 4. The van der Waals surface area contributed by atoms with Crippen molar-refractivity contribution < 1.29 is 9.53 Å². The number of hydrogen-bond donors (Lipinski definition) is 3. The normalized spacial score (nSPS) is 10.0. The molecule has 7 heteroatoms. The van der Waals surface area contributed by atoms with Gasteiger partial charge >= 0.3 is 6.03 Å². The van der Waals surface area contributed by atoms with E-state index in [0.717, 1.165) is 0 Å². The van der Waals surface area contributed by atoms with Crippen LogP contribution in [0.5, 0.6) is 11.5 Å². The Labute approximate surface area is 126 Å². The smallest absolute Gasteiger partial charge is 0.324 e. The molecule has 0 spiro atoms. The Morgan fingerprint density at radius 1 is 0.955 bits per heavy atom. The quantitative estimate of drug-likeness (QED) is 0.689. The Morgan fingerprint density at radius 2 is 1.68 bits per heavy atom. The number of nitrogens with one attached hydrogen (secondary N) is 3. The summed E-state index contributed by atoms with van der Waals surface area (Å²) in [5, 5.41) is 11.7. The lowest BCUT2D eigenvalue weighted by atomic mass is 10.3. The van der Waals surface area contributed by atoms with Crippen LogP contribution in [0.3, 0.4) is 0 Å². The van der Waals surface area contributed by atoms with Crippen LogP contribution >= 0.6 is 0 Å². The molecule has 0 unspecified atom stereocenters. The van der Waals surface area contributed by atoms with E-state index in [1.54, 1.807) is 61.1 Å². The van der Waals surface area contributed by atoms with E-state index in [1.165, 1.54) is 0 Å². The summed E-state index contributed by atoms with van der Waals surface area (Å²) in [6, 6.07) is 11.9. The molecule has 0 atom stereocenters. The van der Waals surface area contributed by atoms with Gasteiger partial charge in [-0.05, 0) is 36.4 Å². The summed E-state index contributed by atoms with van der Waals surface area (Å²) < 4.78 is 5.64. The van der Waals surface area contributed by atoms with Crippen molar-refractivity contribution in [2.75, 3.05) is 10.6 Å². The molecule has 0 aliphatic heterocycles. The second-order valence-corrected chi connectivity index (χ2v) is 4.35. The van der Waals surface area contributed by atoms with Crippen molar-refractivity contribution in [2.45, 2.75) is 0 Å². The second-order valence-electron chi connectivity index (χ2n) is 4.35. The molecule has 0 aliphatic rings. The molecular weight excluding hydrogens is 282 g/mol. The van der Waals surface area contributed by atoms with E-state index >= 15 is 0 Å². The molecule has 2 amide bonds. The van der Waals surface area contributed by atoms with Crippen molar-refractivity contribution in [1.29, 1.82) is 0 Å². The van der Waals surface area contributed by atoms with Gasteiger partial charge in [0, 0.05) is 30.3 Å². The van der Waals surface area contributed by atoms with Crippen LogP contribution in [0.4, 0.5) is 16.3 Å². The topological polar surface area (TPSA) is 91.9 Å². The van der Waals surface area contributed by atoms with Crippen molar-refractivity contribution in [3.63, 3.8) is 0 Å². The van der Waals surface area contributed by atoms with Crippen molar-refractivity contribution in [3.8, 4) is 11.5 Å². The fourth-order valence-electron chi connectivity index (χ4n) is 1.76. The number of anilines is 2. The van der Waals surface area contributed by atoms with Gasteiger partial charge in [-0.15, -0.1) is 0 Å². The number of nitrogens with zero attached hydrogens (tertiary/aromatic N) is 2. The average molecular weight is 295 g/mol. The predicted octanol–water partition coefficient (Wildman–Crippen LogP) is 3.24. The zero-order valence-electron chi connectivity index (χ0n) is 11.5. The summed E-state index contributed by atoms with van der Waals surface area (Å²) in [6.45, 7) is 0. The highest BCUT2D eigenvalue weighted by molar-refractivity contribution is 5.99. The molecule has 3 rings (SSSR count). The maximum absolute atomic E-state index is 11.7. The van der Waals surface area contributed by atoms with Gasteiger partial charge in [0.05, 0.1) is 0 Å². The lowest BCUT2D eigenvalue weighted by Crippen LogP contribution is -2.19. The summed E-state index contributed by atoms with van der Waals surface area (Å²) in [7, 11) is 0. The van der Waals surface area contributed by atoms with Crippen molar-refractivity contribution in [1.82, 2.24) is 15.2 Å². The van der Waals surface area contributed by atoms with Gasteiger partial charge in [0.2, 0.25) is 0 Å². The van der Waals surface area contributed by atoms with Gasteiger partial charge in [-0.25, -0.2) is 4.79 Å². The zero-order chi connectivity index (χ0) is 15.2. The van der Waals surface area contributed by atoms with Crippen molar-refractivity contribution >= 4 is 17.5 Å². The number of aromatic nitrogens is 3. The Morgan fingerprint density at radius 3 is 2.36 bits per heavy atom. The lowest BCUT2D eigenvalue weighted by Gasteiger charge is -2.08. The Balaban J connectivity index is 1.58. The van der Waals surface area contributed by atoms with E-state index in [-0.39, 0.29) is 6.03 Å². The van der Waals surface area contributed by atoms with Gasteiger partial charge in [0.15, 0.2) is 5.82 Å². The predicted molar refractivity (Wildman–Crippen MR) is 82.0 cm³/mol. The lowest BCUT2D eigenvalue weighted by molar-refractivity contribution is 0.262. The van der Waals surface area contributed by atoms with Crippen LogP contribution in [-0.4, -0.2) is 21.2 Å². The van der Waals surface area contributed by atoms with E-state index in [9.17, 15) is 4.79 Å². The number of urea groups is 1. The number of hydrogen-bond acceptors (Lipinski definition) is 4. The summed E-state index contributed by atoms with van der Waals surface area (Å²) in [5.41, 5.74) is 0.648. The number of H-pyrrole nitrogens is 1. The van der Waals surface area contributed by atoms with Gasteiger partial charge in [0.1, 0.15) is 11.5 Å². The molecule has 7 nitrogen and oxygen atoms in total. The Hall–Kier alpha value is -3.35. The monoisotopic (exact) mass is 295 g/mol. The van der Waals surface area contributed by atoms with Gasteiger partial charge in [-0.1, -0.05) is 0 Å². The standard InChI is InChI=1S/C15H13N5O2/c21-15(19-14-7-10-17-20-14)18-11-1-3-12(4-2-11)22-13-5-8-16-9-6-13/h1-10H,(H3,17,18,19,20,21). The summed E-state index contributed by atoms with van der Waals surface area (Å²) >= 11 is 0. The highest BCUT2D eigenvalue weighted by atomic mass is 16.5. The van der Waals surface area contributed by atoms with Crippen LogP contribution in [0.2, 0.25) is 0 Å². The molecule has 2 heterocycles. The maximum atomic E-state index is 11.7. The average Bonchev–Trinajstić information content (AvgIpc) is 3.03. The second kappa shape index (κ2) is 6.40. The van der Waals surface area contributed by atoms with E-state index in [1.807, 2.05) is 0 Å². The van der Waals surface area contributed by atoms with Crippen LogP contribution < -0.4 is 15.4 Å². The minimum atomic E-state index is -0.366. The van der Waals surface area contributed by atoms with Crippen LogP contribution in [0, 0.1) is 0 Å². The molecule has 3 aromatic rings. The first-order chi connectivity index (χ1) is 10.8. The first kappa shape index (κ1) is 13.6. The minimum Gasteiger partial charge on any atom is -0.457 e. The van der Waals surface area contributed by atoms with Crippen LogP contribution in [0.1, 0.15) is 0 Å². The number of amides is 2. The summed E-state index contributed by atoms with van der Waals surface area (Å²) in [6.07, 6.45) is 4.94. The number of aromatic amines is 1. The number of pyridine rings is 1. The Bertz CT molecular complexity index is 726. The first-order valence-electron chi connectivity index (χ1n) is 6.55. The van der Waals surface area contributed by atoms with E-state index in [0.29, 0.717) is 23.0 Å². The molecule has 22 heavy (non-hydrogen) atoms. The maximum Gasteiger partial charge on any atom is 0.324 e.